The van der Waals surface area contributed by atoms with Crippen molar-refractivity contribution in [1.82, 2.24) is 10.3 Å². The number of hydrogen-bond donors (Lipinski definition) is 3. The second-order valence-electron chi connectivity index (χ2n) is 4.15. The van der Waals surface area contributed by atoms with E-state index in [2.05, 4.69) is 34.6 Å². The SMILES string of the molecule is NC(=O)CCCNCc1ccc2cc[nH]c2c1. The third kappa shape index (κ3) is 3.32. The van der Waals surface area contributed by atoms with Gasteiger partial charge in [0.25, 0.3) is 0 Å². The van der Waals surface area contributed by atoms with Crippen LogP contribution in [0.25, 0.3) is 10.9 Å². The van der Waals surface area contributed by atoms with Crippen molar-refractivity contribution >= 4 is 16.8 Å². The molecule has 0 saturated heterocycles. The van der Waals surface area contributed by atoms with Gasteiger partial charge in [-0.2, -0.15) is 0 Å². The molecule has 0 aliphatic rings. The van der Waals surface area contributed by atoms with E-state index >= 15 is 0 Å². The maximum absolute atomic E-state index is 10.5. The molecule has 0 spiro atoms. The molecule has 0 aliphatic carbocycles. The molecule has 2 rings (SSSR count). The number of carbonyl (C=O) groups excluding carboxylic acids is 1. The lowest BCUT2D eigenvalue weighted by Crippen LogP contribution is -2.18. The second kappa shape index (κ2) is 5.50. The molecule has 0 aliphatic heterocycles. The van der Waals surface area contributed by atoms with E-state index in [1.807, 2.05) is 6.20 Å². The van der Waals surface area contributed by atoms with E-state index in [0.717, 1.165) is 25.0 Å². The van der Waals surface area contributed by atoms with Crippen LogP contribution in [0.5, 0.6) is 0 Å². The number of fused-ring (bicyclic) bond motifs is 1. The fourth-order valence-electron chi connectivity index (χ4n) is 1.83. The first kappa shape index (κ1) is 11.7. The first-order valence-electron chi connectivity index (χ1n) is 5.81. The summed E-state index contributed by atoms with van der Waals surface area (Å²) in [5.41, 5.74) is 7.45. The maximum Gasteiger partial charge on any atom is 0.217 e. The fourth-order valence-corrected chi connectivity index (χ4v) is 1.83. The number of aromatic nitrogens is 1. The van der Waals surface area contributed by atoms with Crippen molar-refractivity contribution in [3.63, 3.8) is 0 Å². The van der Waals surface area contributed by atoms with Crippen LogP contribution >= 0.6 is 0 Å². The topological polar surface area (TPSA) is 70.9 Å². The Hall–Kier alpha value is -1.81. The summed E-state index contributed by atoms with van der Waals surface area (Å²) in [6, 6.07) is 8.40. The van der Waals surface area contributed by atoms with Crippen LogP contribution in [0.1, 0.15) is 18.4 Å². The van der Waals surface area contributed by atoms with Crippen LogP contribution in [0.3, 0.4) is 0 Å². The summed E-state index contributed by atoms with van der Waals surface area (Å²) in [6.45, 7) is 1.62. The first-order chi connectivity index (χ1) is 8.25. The van der Waals surface area contributed by atoms with Crippen molar-refractivity contribution in [3.05, 3.63) is 36.0 Å². The summed E-state index contributed by atoms with van der Waals surface area (Å²) in [7, 11) is 0. The standard InChI is InChI=1S/C13H17N3O/c14-13(17)2-1-6-15-9-10-3-4-11-5-7-16-12(11)8-10/h3-5,7-8,15-16H,1-2,6,9H2,(H2,14,17). The zero-order valence-electron chi connectivity index (χ0n) is 9.70. The smallest absolute Gasteiger partial charge is 0.217 e. The third-order valence-corrected chi connectivity index (χ3v) is 2.73. The normalized spacial score (nSPS) is 10.8. The van der Waals surface area contributed by atoms with E-state index in [1.54, 1.807) is 0 Å². The van der Waals surface area contributed by atoms with Crippen LogP contribution in [-0.4, -0.2) is 17.4 Å². The van der Waals surface area contributed by atoms with Gasteiger partial charge in [0.2, 0.25) is 5.91 Å². The predicted octanol–water partition coefficient (Wildman–Crippen LogP) is 1.52. The zero-order valence-corrected chi connectivity index (χ0v) is 9.70. The van der Waals surface area contributed by atoms with Gasteiger partial charge in [0.1, 0.15) is 0 Å². The highest BCUT2D eigenvalue weighted by Crippen LogP contribution is 2.13. The molecule has 1 heterocycles. The highest BCUT2D eigenvalue weighted by Gasteiger charge is 1.98. The van der Waals surface area contributed by atoms with Crippen LogP contribution < -0.4 is 11.1 Å². The monoisotopic (exact) mass is 231 g/mol. The molecule has 1 amide bonds. The molecule has 17 heavy (non-hydrogen) atoms. The summed E-state index contributed by atoms with van der Waals surface area (Å²) in [5, 5.41) is 4.52. The van der Waals surface area contributed by atoms with E-state index in [1.165, 1.54) is 10.9 Å². The largest absolute Gasteiger partial charge is 0.370 e. The summed E-state index contributed by atoms with van der Waals surface area (Å²) in [6.07, 6.45) is 3.18. The Bertz CT molecular complexity index is 504. The lowest BCUT2D eigenvalue weighted by molar-refractivity contribution is -0.118. The van der Waals surface area contributed by atoms with Crippen LogP contribution in [0, 0.1) is 0 Å². The van der Waals surface area contributed by atoms with Gasteiger partial charge in [-0.05, 0) is 36.0 Å². The van der Waals surface area contributed by atoms with Crippen LogP contribution in [0.15, 0.2) is 30.5 Å². The molecule has 0 saturated carbocycles. The predicted molar refractivity (Wildman–Crippen MR) is 68.4 cm³/mol. The van der Waals surface area contributed by atoms with E-state index in [9.17, 15) is 4.79 Å². The molecule has 4 heteroatoms. The third-order valence-electron chi connectivity index (χ3n) is 2.73. The lowest BCUT2D eigenvalue weighted by atomic mass is 10.1. The van der Waals surface area contributed by atoms with E-state index in [-0.39, 0.29) is 5.91 Å². The van der Waals surface area contributed by atoms with Crippen LogP contribution in [0.2, 0.25) is 0 Å². The second-order valence-corrected chi connectivity index (χ2v) is 4.15. The average Bonchev–Trinajstić information content (AvgIpc) is 2.75. The van der Waals surface area contributed by atoms with Gasteiger partial charge >= 0.3 is 0 Å². The Kier molecular flexibility index (Phi) is 3.77. The van der Waals surface area contributed by atoms with Gasteiger partial charge in [0.05, 0.1) is 0 Å². The Balaban J connectivity index is 1.80. The van der Waals surface area contributed by atoms with Crippen LogP contribution in [-0.2, 0) is 11.3 Å². The molecule has 0 bridgehead atoms. The molecular weight excluding hydrogens is 214 g/mol. The number of H-pyrrole nitrogens is 1. The minimum absolute atomic E-state index is 0.236. The molecule has 0 fully saturated rings. The number of rotatable bonds is 6. The Morgan fingerprint density at radius 3 is 3.06 bits per heavy atom. The first-order valence-corrected chi connectivity index (χ1v) is 5.81. The number of amides is 1. The average molecular weight is 231 g/mol. The Morgan fingerprint density at radius 1 is 1.35 bits per heavy atom. The number of nitrogens with two attached hydrogens (primary N) is 1. The fraction of sp³-hybridized carbons (Fsp3) is 0.308. The van der Waals surface area contributed by atoms with Crippen molar-refractivity contribution in [2.75, 3.05) is 6.54 Å². The highest BCUT2D eigenvalue weighted by molar-refractivity contribution is 5.79. The molecule has 4 nitrogen and oxygen atoms in total. The van der Waals surface area contributed by atoms with E-state index in [0.29, 0.717) is 6.42 Å². The van der Waals surface area contributed by atoms with Gasteiger partial charge in [0, 0.05) is 24.7 Å². The number of benzene rings is 1. The van der Waals surface area contributed by atoms with Gasteiger partial charge < -0.3 is 16.0 Å². The molecule has 90 valence electrons. The molecule has 0 atom stereocenters. The van der Waals surface area contributed by atoms with Crippen molar-refractivity contribution < 1.29 is 4.79 Å². The van der Waals surface area contributed by atoms with Gasteiger partial charge in [-0.3, -0.25) is 4.79 Å². The number of nitrogens with one attached hydrogen (secondary N) is 2. The van der Waals surface area contributed by atoms with Crippen LogP contribution in [0.4, 0.5) is 0 Å². The molecule has 0 unspecified atom stereocenters. The highest BCUT2D eigenvalue weighted by atomic mass is 16.1. The molecule has 2 aromatic rings. The lowest BCUT2D eigenvalue weighted by Gasteiger charge is -2.04. The number of hydrogen-bond acceptors (Lipinski definition) is 2. The molecule has 1 aromatic heterocycles. The van der Waals surface area contributed by atoms with Crippen molar-refractivity contribution in [2.45, 2.75) is 19.4 Å². The van der Waals surface area contributed by atoms with Crippen molar-refractivity contribution in [1.29, 1.82) is 0 Å². The molecular formula is C13H17N3O. The number of carbonyl (C=O) groups is 1. The maximum atomic E-state index is 10.5. The minimum Gasteiger partial charge on any atom is -0.370 e. The van der Waals surface area contributed by atoms with Crippen molar-refractivity contribution in [3.8, 4) is 0 Å². The molecule has 4 N–H and O–H groups in total. The summed E-state index contributed by atoms with van der Waals surface area (Å²) in [4.78, 5) is 13.7. The molecule has 1 aromatic carbocycles. The quantitative estimate of drug-likeness (QED) is 0.660. The summed E-state index contributed by atoms with van der Waals surface area (Å²) >= 11 is 0. The Labute approximate surface area is 100 Å². The van der Waals surface area contributed by atoms with E-state index in [4.69, 9.17) is 5.73 Å². The van der Waals surface area contributed by atoms with Gasteiger partial charge in [0.15, 0.2) is 0 Å². The summed E-state index contributed by atoms with van der Waals surface area (Å²) in [5.74, 6) is -0.236. The van der Waals surface area contributed by atoms with Gasteiger partial charge in [-0.1, -0.05) is 12.1 Å². The van der Waals surface area contributed by atoms with E-state index < -0.39 is 0 Å². The van der Waals surface area contributed by atoms with Gasteiger partial charge in [-0.15, -0.1) is 0 Å². The summed E-state index contributed by atoms with van der Waals surface area (Å²) < 4.78 is 0. The zero-order chi connectivity index (χ0) is 12.1. The molecule has 0 radical (unpaired) electrons. The number of aromatic amines is 1. The Morgan fingerprint density at radius 2 is 2.24 bits per heavy atom. The minimum atomic E-state index is -0.236. The van der Waals surface area contributed by atoms with Crippen molar-refractivity contribution in [2.24, 2.45) is 5.73 Å². The number of primary amides is 1. The van der Waals surface area contributed by atoms with Gasteiger partial charge in [-0.25, -0.2) is 0 Å².